The predicted molar refractivity (Wildman–Crippen MR) is 89.3 cm³/mol. The molecule has 6 nitrogen and oxygen atoms in total. The Labute approximate surface area is 139 Å². The van der Waals surface area contributed by atoms with Crippen LogP contribution in [0.2, 0.25) is 0 Å². The van der Waals surface area contributed by atoms with Crippen LogP contribution in [0.5, 0.6) is 11.5 Å². The molecule has 0 unspecified atom stereocenters. The number of nitrogens with zero attached hydrogens (tertiary/aromatic N) is 2. The van der Waals surface area contributed by atoms with Crippen molar-refractivity contribution in [3.8, 4) is 11.5 Å². The van der Waals surface area contributed by atoms with Crippen LogP contribution >= 0.6 is 0 Å². The molecule has 0 aliphatic heterocycles. The Morgan fingerprint density at radius 1 is 1.04 bits per heavy atom. The molecule has 0 saturated heterocycles. The summed E-state index contributed by atoms with van der Waals surface area (Å²) in [7, 11) is 0. The van der Waals surface area contributed by atoms with Gasteiger partial charge in [0.2, 0.25) is 5.89 Å². The normalized spacial score (nSPS) is 10.6. The summed E-state index contributed by atoms with van der Waals surface area (Å²) in [5, 5.41) is 10.4. The van der Waals surface area contributed by atoms with E-state index < -0.39 is 5.91 Å². The summed E-state index contributed by atoms with van der Waals surface area (Å²) in [4.78, 5) is 12.3. The number of carbonyl (C=O) groups excluding carboxylic acids is 1. The standard InChI is InChI=1S/C18H17N3O3/c1-12(2)17-20-21-18(24-17)16(22)19-14-10-6-7-11-15(14)23-13-8-4-3-5-9-13/h3-12H,1-2H3,(H,19,22). The van der Waals surface area contributed by atoms with E-state index in [-0.39, 0.29) is 11.8 Å². The van der Waals surface area contributed by atoms with Gasteiger partial charge < -0.3 is 14.5 Å². The SMILES string of the molecule is CC(C)c1nnc(C(=O)Nc2ccccc2Oc2ccccc2)o1. The Kier molecular flexibility index (Phi) is 4.56. The van der Waals surface area contributed by atoms with Crippen molar-refractivity contribution in [2.45, 2.75) is 19.8 Å². The van der Waals surface area contributed by atoms with Gasteiger partial charge in [-0.2, -0.15) is 0 Å². The van der Waals surface area contributed by atoms with Crippen molar-refractivity contribution in [2.75, 3.05) is 5.32 Å². The van der Waals surface area contributed by atoms with E-state index in [1.807, 2.05) is 50.2 Å². The Morgan fingerprint density at radius 3 is 2.46 bits per heavy atom. The van der Waals surface area contributed by atoms with Crippen molar-refractivity contribution in [3.63, 3.8) is 0 Å². The van der Waals surface area contributed by atoms with Crippen LogP contribution in [0.25, 0.3) is 0 Å². The number of aromatic nitrogens is 2. The number of benzene rings is 2. The molecule has 0 saturated carbocycles. The first kappa shape index (κ1) is 15.7. The van der Waals surface area contributed by atoms with Crippen LogP contribution in [0.15, 0.2) is 59.0 Å². The van der Waals surface area contributed by atoms with E-state index in [1.165, 1.54) is 0 Å². The number of rotatable bonds is 5. The summed E-state index contributed by atoms with van der Waals surface area (Å²) in [6, 6.07) is 16.5. The van der Waals surface area contributed by atoms with E-state index >= 15 is 0 Å². The van der Waals surface area contributed by atoms with Gasteiger partial charge in [-0.05, 0) is 24.3 Å². The molecule has 24 heavy (non-hydrogen) atoms. The van der Waals surface area contributed by atoms with Crippen LogP contribution in [0.4, 0.5) is 5.69 Å². The molecule has 0 fully saturated rings. The second-order valence-corrected chi connectivity index (χ2v) is 5.47. The Morgan fingerprint density at radius 2 is 1.75 bits per heavy atom. The predicted octanol–water partition coefficient (Wildman–Crippen LogP) is 4.24. The van der Waals surface area contributed by atoms with Crippen molar-refractivity contribution >= 4 is 11.6 Å². The highest BCUT2D eigenvalue weighted by atomic mass is 16.5. The Balaban J connectivity index is 1.78. The third-order valence-corrected chi connectivity index (χ3v) is 3.24. The van der Waals surface area contributed by atoms with E-state index in [2.05, 4.69) is 15.5 Å². The monoisotopic (exact) mass is 323 g/mol. The van der Waals surface area contributed by atoms with Gasteiger partial charge in [0.1, 0.15) is 5.75 Å². The van der Waals surface area contributed by atoms with Crippen molar-refractivity contribution in [1.82, 2.24) is 10.2 Å². The summed E-state index contributed by atoms with van der Waals surface area (Å²) in [5.74, 6) is 1.15. The number of para-hydroxylation sites is 3. The molecule has 0 radical (unpaired) electrons. The molecular formula is C18H17N3O3. The molecule has 0 aliphatic rings. The van der Waals surface area contributed by atoms with E-state index in [0.717, 1.165) is 0 Å². The molecule has 3 aromatic rings. The van der Waals surface area contributed by atoms with E-state index in [1.54, 1.807) is 18.2 Å². The van der Waals surface area contributed by atoms with Gasteiger partial charge >= 0.3 is 11.8 Å². The fraction of sp³-hybridized carbons (Fsp3) is 0.167. The number of carbonyl (C=O) groups is 1. The molecule has 0 atom stereocenters. The van der Waals surface area contributed by atoms with Gasteiger partial charge in [0.25, 0.3) is 0 Å². The number of amides is 1. The average Bonchev–Trinajstić information content (AvgIpc) is 3.08. The quantitative estimate of drug-likeness (QED) is 0.760. The number of hydrogen-bond acceptors (Lipinski definition) is 5. The topological polar surface area (TPSA) is 77.2 Å². The lowest BCUT2D eigenvalue weighted by Gasteiger charge is -2.11. The van der Waals surface area contributed by atoms with Gasteiger partial charge in [0, 0.05) is 5.92 Å². The van der Waals surface area contributed by atoms with Crippen molar-refractivity contribution < 1.29 is 13.9 Å². The van der Waals surface area contributed by atoms with Crippen molar-refractivity contribution in [2.24, 2.45) is 0 Å². The first-order valence-electron chi connectivity index (χ1n) is 7.60. The van der Waals surface area contributed by atoms with Crippen LogP contribution in [-0.4, -0.2) is 16.1 Å². The minimum absolute atomic E-state index is 0.0627. The van der Waals surface area contributed by atoms with Crippen LogP contribution in [0.3, 0.4) is 0 Å². The second-order valence-electron chi connectivity index (χ2n) is 5.47. The smallest absolute Gasteiger partial charge is 0.313 e. The van der Waals surface area contributed by atoms with Gasteiger partial charge in [0.15, 0.2) is 5.75 Å². The second kappa shape index (κ2) is 6.95. The van der Waals surface area contributed by atoms with E-state index in [0.29, 0.717) is 23.1 Å². The fourth-order valence-electron chi connectivity index (χ4n) is 2.01. The Bertz CT molecular complexity index is 828. The third kappa shape index (κ3) is 3.60. The largest absolute Gasteiger partial charge is 0.455 e. The molecule has 0 bridgehead atoms. The molecule has 2 aromatic carbocycles. The summed E-state index contributed by atoms with van der Waals surface area (Å²) >= 11 is 0. The maximum atomic E-state index is 12.3. The highest BCUT2D eigenvalue weighted by molar-refractivity contribution is 6.01. The fourth-order valence-corrected chi connectivity index (χ4v) is 2.01. The molecule has 3 rings (SSSR count). The van der Waals surface area contributed by atoms with Gasteiger partial charge in [-0.3, -0.25) is 4.79 Å². The zero-order valence-electron chi connectivity index (χ0n) is 13.4. The number of ether oxygens (including phenoxy) is 1. The van der Waals surface area contributed by atoms with Gasteiger partial charge in [-0.1, -0.05) is 44.2 Å². The zero-order chi connectivity index (χ0) is 16.9. The molecule has 6 heteroatoms. The number of hydrogen-bond donors (Lipinski definition) is 1. The van der Waals surface area contributed by atoms with Crippen LogP contribution < -0.4 is 10.1 Å². The van der Waals surface area contributed by atoms with Gasteiger partial charge in [-0.25, -0.2) is 0 Å². The van der Waals surface area contributed by atoms with Crippen molar-refractivity contribution in [3.05, 3.63) is 66.4 Å². The first-order chi connectivity index (χ1) is 11.6. The summed E-state index contributed by atoms with van der Waals surface area (Å²) in [6.07, 6.45) is 0. The maximum absolute atomic E-state index is 12.3. The van der Waals surface area contributed by atoms with Crippen LogP contribution in [0.1, 0.15) is 36.3 Å². The molecule has 122 valence electrons. The molecule has 1 aromatic heterocycles. The maximum Gasteiger partial charge on any atom is 0.313 e. The molecule has 1 amide bonds. The summed E-state index contributed by atoms with van der Waals surface area (Å²) in [6.45, 7) is 3.83. The Hall–Kier alpha value is -3.15. The highest BCUT2D eigenvalue weighted by Gasteiger charge is 2.18. The van der Waals surface area contributed by atoms with Crippen LogP contribution in [-0.2, 0) is 0 Å². The lowest BCUT2D eigenvalue weighted by Crippen LogP contribution is -2.13. The third-order valence-electron chi connectivity index (χ3n) is 3.24. The number of anilines is 1. The zero-order valence-corrected chi connectivity index (χ0v) is 13.4. The molecule has 0 aliphatic carbocycles. The van der Waals surface area contributed by atoms with Gasteiger partial charge in [0.05, 0.1) is 5.69 Å². The summed E-state index contributed by atoms with van der Waals surface area (Å²) in [5.41, 5.74) is 0.524. The van der Waals surface area contributed by atoms with Crippen LogP contribution in [0, 0.1) is 0 Å². The molecular weight excluding hydrogens is 306 g/mol. The van der Waals surface area contributed by atoms with E-state index in [9.17, 15) is 4.79 Å². The molecule has 1 N–H and O–H groups in total. The molecule has 0 spiro atoms. The van der Waals surface area contributed by atoms with E-state index in [4.69, 9.17) is 9.15 Å². The minimum atomic E-state index is -0.474. The number of nitrogens with one attached hydrogen (secondary N) is 1. The van der Waals surface area contributed by atoms with Crippen molar-refractivity contribution in [1.29, 1.82) is 0 Å². The lowest BCUT2D eigenvalue weighted by atomic mass is 10.2. The molecule has 1 heterocycles. The average molecular weight is 323 g/mol. The highest BCUT2D eigenvalue weighted by Crippen LogP contribution is 2.29. The first-order valence-corrected chi connectivity index (χ1v) is 7.60. The minimum Gasteiger partial charge on any atom is -0.455 e. The lowest BCUT2D eigenvalue weighted by molar-refractivity contribution is 0.0988. The summed E-state index contributed by atoms with van der Waals surface area (Å²) < 4.78 is 11.2. The van der Waals surface area contributed by atoms with Gasteiger partial charge in [-0.15, -0.1) is 10.2 Å².